The molecule has 2 aromatic rings. The Kier molecular flexibility index (Phi) is 3.62. The first kappa shape index (κ1) is 13.4. The third-order valence-electron chi connectivity index (χ3n) is 4.40. The average Bonchev–Trinajstić information content (AvgIpc) is 3.06. The van der Waals surface area contributed by atoms with Gasteiger partial charge in [0.25, 0.3) is 0 Å². The highest BCUT2D eigenvalue weighted by molar-refractivity contribution is 5.65. The fourth-order valence-corrected chi connectivity index (χ4v) is 3.02. The maximum absolute atomic E-state index is 4.57. The Morgan fingerprint density at radius 1 is 1.15 bits per heavy atom. The largest absolute Gasteiger partial charge is 0.342 e. The van der Waals surface area contributed by atoms with Crippen LogP contribution in [0.15, 0.2) is 18.3 Å². The third kappa shape index (κ3) is 2.63. The molecule has 1 aliphatic rings. The van der Waals surface area contributed by atoms with E-state index in [1.54, 1.807) is 0 Å². The fourth-order valence-electron chi connectivity index (χ4n) is 3.02. The molecular formula is C17H23N3. The second-order valence-corrected chi connectivity index (χ2v) is 6.06. The lowest BCUT2D eigenvalue weighted by molar-refractivity contribution is 0.565. The summed E-state index contributed by atoms with van der Waals surface area (Å²) in [7, 11) is 0. The number of H-pyrrole nitrogens is 1. The van der Waals surface area contributed by atoms with Crippen LogP contribution in [0, 0.1) is 26.7 Å². The molecule has 0 saturated carbocycles. The molecule has 20 heavy (non-hydrogen) atoms. The van der Waals surface area contributed by atoms with Crippen LogP contribution in [0.4, 0.5) is 0 Å². The molecule has 0 bridgehead atoms. The van der Waals surface area contributed by atoms with E-state index in [2.05, 4.69) is 48.2 Å². The monoisotopic (exact) mass is 269 g/mol. The van der Waals surface area contributed by atoms with E-state index >= 15 is 0 Å². The van der Waals surface area contributed by atoms with Gasteiger partial charge in [-0.15, -0.1) is 0 Å². The van der Waals surface area contributed by atoms with Crippen molar-refractivity contribution in [3.63, 3.8) is 0 Å². The molecule has 1 aromatic carbocycles. The summed E-state index contributed by atoms with van der Waals surface area (Å²) in [4.78, 5) is 8.07. The summed E-state index contributed by atoms with van der Waals surface area (Å²) in [5, 5.41) is 3.41. The first-order valence-electron chi connectivity index (χ1n) is 7.46. The molecule has 1 fully saturated rings. The Morgan fingerprint density at radius 3 is 2.70 bits per heavy atom. The van der Waals surface area contributed by atoms with E-state index in [4.69, 9.17) is 0 Å². The van der Waals surface area contributed by atoms with Gasteiger partial charge in [-0.3, -0.25) is 0 Å². The quantitative estimate of drug-likeness (QED) is 0.898. The topological polar surface area (TPSA) is 40.7 Å². The number of aryl methyl sites for hydroxylation is 3. The van der Waals surface area contributed by atoms with Gasteiger partial charge in [-0.25, -0.2) is 4.98 Å². The number of rotatable bonds is 3. The minimum Gasteiger partial charge on any atom is -0.342 e. The SMILES string of the molecule is Cc1cc(C)c(-c2cnc(CC3CCNC3)[nH]2)cc1C. The van der Waals surface area contributed by atoms with Gasteiger partial charge >= 0.3 is 0 Å². The van der Waals surface area contributed by atoms with Crippen LogP contribution in [-0.2, 0) is 6.42 Å². The summed E-state index contributed by atoms with van der Waals surface area (Å²) in [5.41, 5.74) is 6.42. The van der Waals surface area contributed by atoms with Gasteiger partial charge in [0.15, 0.2) is 0 Å². The standard InChI is InChI=1S/C17H23N3/c1-11-6-13(3)15(7-12(11)2)16-10-19-17(20-16)8-14-4-5-18-9-14/h6-7,10,14,18H,4-5,8-9H2,1-3H3,(H,19,20). The molecule has 0 spiro atoms. The molecule has 106 valence electrons. The molecule has 1 atom stereocenters. The molecule has 3 heteroatoms. The first-order chi connectivity index (χ1) is 9.63. The number of nitrogens with zero attached hydrogens (tertiary/aromatic N) is 1. The summed E-state index contributed by atoms with van der Waals surface area (Å²) < 4.78 is 0. The summed E-state index contributed by atoms with van der Waals surface area (Å²) in [6.07, 6.45) is 4.30. The lowest BCUT2D eigenvalue weighted by atomic mass is 9.99. The summed E-state index contributed by atoms with van der Waals surface area (Å²) in [6.45, 7) is 8.77. The number of imidazole rings is 1. The second-order valence-electron chi connectivity index (χ2n) is 6.06. The summed E-state index contributed by atoms with van der Waals surface area (Å²) >= 11 is 0. The number of hydrogen-bond acceptors (Lipinski definition) is 2. The van der Waals surface area contributed by atoms with Crippen molar-refractivity contribution in [2.45, 2.75) is 33.6 Å². The van der Waals surface area contributed by atoms with Crippen molar-refractivity contribution in [2.75, 3.05) is 13.1 Å². The first-order valence-corrected chi connectivity index (χ1v) is 7.46. The maximum atomic E-state index is 4.57. The molecule has 1 unspecified atom stereocenters. The highest BCUT2D eigenvalue weighted by Crippen LogP contribution is 2.25. The van der Waals surface area contributed by atoms with Gasteiger partial charge in [0.05, 0.1) is 11.9 Å². The van der Waals surface area contributed by atoms with E-state index in [0.29, 0.717) is 0 Å². The number of benzene rings is 1. The number of aromatic amines is 1. The van der Waals surface area contributed by atoms with Gasteiger partial charge in [0.1, 0.15) is 5.82 Å². The van der Waals surface area contributed by atoms with Crippen LogP contribution in [0.1, 0.15) is 28.9 Å². The van der Waals surface area contributed by atoms with Gasteiger partial charge in [0, 0.05) is 12.0 Å². The van der Waals surface area contributed by atoms with E-state index in [0.717, 1.165) is 36.9 Å². The molecule has 1 aliphatic heterocycles. The minimum atomic E-state index is 0.731. The van der Waals surface area contributed by atoms with Crippen LogP contribution >= 0.6 is 0 Å². The van der Waals surface area contributed by atoms with Crippen LogP contribution in [0.2, 0.25) is 0 Å². The summed E-state index contributed by atoms with van der Waals surface area (Å²) in [5.74, 6) is 1.85. The van der Waals surface area contributed by atoms with Crippen LogP contribution in [0.5, 0.6) is 0 Å². The molecule has 3 rings (SSSR count). The van der Waals surface area contributed by atoms with Gasteiger partial charge in [0.2, 0.25) is 0 Å². The maximum Gasteiger partial charge on any atom is 0.106 e. The minimum absolute atomic E-state index is 0.731. The Balaban J connectivity index is 1.84. The molecule has 0 amide bonds. The van der Waals surface area contributed by atoms with Crippen molar-refractivity contribution in [2.24, 2.45) is 5.92 Å². The zero-order valence-electron chi connectivity index (χ0n) is 12.6. The molecule has 0 radical (unpaired) electrons. The van der Waals surface area contributed by atoms with Gasteiger partial charge in [-0.1, -0.05) is 6.07 Å². The van der Waals surface area contributed by atoms with E-state index in [1.807, 2.05) is 6.20 Å². The molecular weight excluding hydrogens is 246 g/mol. The Labute approximate surface area is 120 Å². The molecule has 2 N–H and O–H groups in total. The van der Waals surface area contributed by atoms with E-state index in [-0.39, 0.29) is 0 Å². The Bertz CT molecular complexity index is 607. The smallest absolute Gasteiger partial charge is 0.106 e. The Morgan fingerprint density at radius 2 is 1.95 bits per heavy atom. The van der Waals surface area contributed by atoms with E-state index < -0.39 is 0 Å². The van der Waals surface area contributed by atoms with Crippen LogP contribution in [0.25, 0.3) is 11.3 Å². The number of hydrogen-bond donors (Lipinski definition) is 2. The number of aromatic nitrogens is 2. The fraction of sp³-hybridized carbons (Fsp3) is 0.471. The Hall–Kier alpha value is -1.61. The molecule has 1 saturated heterocycles. The zero-order chi connectivity index (χ0) is 14.1. The van der Waals surface area contributed by atoms with Crippen LogP contribution < -0.4 is 5.32 Å². The van der Waals surface area contributed by atoms with Crippen molar-refractivity contribution in [1.29, 1.82) is 0 Å². The molecule has 1 aromatic heterocycles. The van der Waals surface area contributed by atoms with Crippen molar-refractivity contribution in [1.82, 2.24) is 15.3 Å². The highest BCUT2D eigenvalue weighted by atomic mass is 14.9. The van der Waals surface area contributed by atoms with Crippen molar-refractivity contribution < 1.29 is 0 Å². The van der Waals surface area contributed by atoms with Crippen LogP contribution in [-0.4, -0.2) is 23.1 Å². The lowest BCUT2D eigenvalue weighted by Gasteiger charge is -2.08. The van der Waals surface area contributed by atoms with Crippen molar-refractivity contribution in [3.05, 3.63) is 40.8 Å². The zero-order valence-corrected chi connectivity index (χ0v) is 12.6. The van der Waals surface area contributed by atoms with E-state index in [1.165, 1.54) is 28.7 Å². The molecule has 3 nitrogen and oxygen atoms in total. The van der Waals surface area contributed by atoms with Gasteiger partial charge < -0.3 is 10.3 Å². The molecule has 0 aliphatic carbocycles. The van der Waals surface area contributed by atoms with E-state index in [9.17, 15) is 0 Å². The number of nitrogens with one attached hydrogen (secondary N) is 2. The van der Waals surface area contributed by atoms with Gasteiger partial charge in [-0.05, 0) is 69.0 Å². The van der Waals surface area contributed by atoms with Crippen molar-refractivity contribution in [3.8, 4) is 11.3 Å². The summed E-state index contributed by atoms with van der Waals surface area (Å²) in [6, 6.07) is 4.52. The predicted octanol–water partition coefficient (Wildman–Crippen LogP) is 3.15. The second kappa shape index (κ2) is 5.41. The van der Waals surface area contributed by atoms with Crippen molar-refractivity contribution >= 4 is 0 Å². The third-order valence-corrected chi connectivity index (χ3v) is 4.40. The average molecular weight is 269 g/mol. The predicted molar refractivity (Wildman–Crippen MR) is 82.9 cm³/mol. The lowest BCUT2D eigenvalue weighted by Crippen LogP contribution is -2.11. The normalized spacial score (nSPS) is 18.6. The van der Waals surface area contributed by atoms with Gasteiger partial charge in [-0.2, -0.15) is 0 Å². The highest BCUT2D eigenvalue weighted by Gasteiger charge is 2.17. The molecule has 2 heterocycles. The van der Waals surface area contributed by atoms with Crippen LogP contribution in [0.3, 0.4) is 0 Å².